The molecule has 0 bridgehead atoms. The van der Waals surface area contributed by atoms with Crippen LogP contribution in [0.25, 0.3) is 0 Å². The van der Waals surface area contributed by atoms with Gasteiger partial charge >= 0.3 is 6.03 Å². The Kier molecular flexibility index (Phi) is 5.13. The molecule has 0 aliphatic carbocycles. The molecule has 0 unspecified atom stereocenters. The molecule has 136 valence electrons. The Morgan fingerprint density at radius 2 is 1.96 bits per heavy atom. The molecular formula is C18H17F2N3O3. The lowest BCUT2D eigenvalue weighted by molar-refractivity contribution is -0.116. The monoisotopic (exact) mass is 361 g/mol. The number of carbonyl (C=O) groups excluding carboxylic acids is 2. The van der Waals surface area contributed by atoms with Crippen molar-refractivity contribution in [1.82, 2.24) is 10.4 Å². The van der Waals surface area contributed by atoms with E-state index in [1.807, 2.05) is 30.3 Å². The predicted molar refractivity (Wildman–Crippen MR) is 90.4 cm³/mol. The minimum absolute atomic E-state index is 0.118. The highest BCUT2D eigenvalue weighted by Crippen LogP contribution is 2.25. The maximum absolute atomic E-state index is 14.1. The molecule has 0 atom stereocenters. The first kappa shape index (κ1) is 17.8. The zero-order valence-electron chi connectivity index (χ0n) is 14.0. The van der Waals surface area contributed by atoms with E-state index >= 15 is 0 Å². The maximum Gasteiger partial charge on any atom is 0.322 e. The van der Waals surface area contributed by atoms with Gasteiger partial charge in [0, 0.05) is 26.2 Å². The summed E-state index contributed by atoms with van der Waals surface area (Å²) in [6.07, 6.45) is 0. The lowest BCUT2D eigenvalue weighted by atomic mass is 10.1. The third kappa shape index (κ3) is 3.65. The van der Waals surface area contributed by atoms with Crippen LogP contribution in [0.2, 0.25) is 0 Å². The molecule has 2 aromatic carbocycles. The number of anilines is 1. The average molecular weight is 361 g/mol. The van der Waals surface area contributed by atoms with Crippen LogP contribution in [0.3, 0.4) is 0 Å². The van der Waals surface area contributed by atoms with Gasteiger partial charge in [-0.1, -0.05) is 30.3 Å². The Morgan fingerprint density at radius 1 is 1.23 bits per heavy atom. The van der Waals surface area contributed by atoms with Crippen molar-refractivity contribution >= 4 is 17.6 Å². The molecule has 3 rings (SSSR count). The first-order valence-electron chi connectivity index (χ1n) is 7.96. The van der Waals surface area contributed by atoms with E-state index in [9.17, 15) is 18.4 Å². The van der Waals surface area contributed by atoms with Gasteiger partial charge < -0.3 is 5.32 Å². The van der Waals surface area contributed by atoms with Crippen molar-refractivity contribution in [3.05, 3.63) is 65.2 Å². The van der Waals surface area contributed by atoms with Crippen LogP contribution in [0.1, 0.15) is 15.9 Å². The van der Waals surface area contributed by atoms with Gasteiger partial charge in [-0.05, 0) is 11.6 Å². The summed E-state index contributed by atoms with van der Waals surface area (Å²) in [5.41, 5.74) is 0.305. The van der Waals surface area contributed by atoms with Crippen LogP contribution in [0.4, 0.5) is 19.3 Å². The summed E-state index contributed by atoms with van der Waals surface area (Å²) in [5.74, 6) is -2.71. The number of carbonyl (C=O) groups is 2. The Morgan fingerprint density at radius 3 is 2.62 bits per heavy atom. The predicted octanol–water partition coefficient (Wildman–Crippen LogP) is 2.70. The molecule has 3 amide bonds. The topological polar surface area (TPSA) is 61.9 Å². The Balaban J connectivity index is 1.78. The van der Waals surface area contributed by atoms with Gasteiger partial charge in [-0.15, -0.1) is 0 Å². The molecule has 0 spiro atoms. The first-order chi connectivity index (χ1) is 12.5. The second-order valence-electron chi connectivity index (χ2n) is 5.73. The number of hydrogen-bond acceptors (Lipinski definition) is 3. The van der Waals surface area contributed by atoms with E-state index < -0.39 is 23.6 Å². The van der Waals surface area contributed by atoms with Crippen molar-refractivity contribution in [2.75, 3.05) is 25.0 Å². The van der Waals surface area contributed by atoms with E-state index in [1.165, 1.54) is 7.05 Å². The fourth-order valence-corrected chi connectivity index (χ4v) is 2.58. The highest BCUT2D eigenvalue weighted by atomic mass is 19.1. The summed E-state index contributed by atoms with van der Waals surface area (Å²) in [6.45, 7) is 0.696. The van der Waals surface area contributed by atoms with Crippen LogP contribution in [0, 0.1) is 11.6 Å². The molecule has 6 nitrogen and oxygen atoms in total. The van der Waals surface area contributed by atoms with Gasteiger partial charge in [0.15, 0.2) is 0 Å². The van der Waals surface area contributed by atoms with Crippen molar-refractivity contribution in [1.29, 1.82) is 0 Å². The standard InChI is InChI=1S/C18H17F2N3O3/c1-22(26-11-12-5-3-2-4-6-12)17(24)13-9-16(15(20)10-14(13)19)23-8-7-21-18(23)25/h2-6,9-10H,7-8,11H2,1H3,(H,21,25). The Labute approximate surface area is 148 Å². The number of hydrogen-bond donors (Lipinski definition) is 1. The van der Waals surface area contributed by atoms with Gasteiger partial charge in [0.05, 0.1) is 11.3 Å². The summed E-state index contributed by atoms with van der Waals surface area (Å²) in [6, 6.07) is 10.3. The average Bonchev–Trinajstić information content (AvgIpc) is 3.06. The second kappa shape index (κ2) is 7.49. The van der Waals surface area contributed by atoms with Gasteiger partial charge in [-0.3, -0.25) is 14.5 Å². The normalized spacial score (nSPS) is 13.7. The van der Waals surface area contributed by atoms with E-state index in [0.29, 0.717) is 12.6 Å². The van der Waals surface area contributed by atoms with Crippen LogP contribution in [-0.4, -0.2) is 37.1 Å². The second-order valence-corrected chi connectivity index (χ2v) is 5.73. The number of hydroxylamine groups is 2. The quantitative estimate of drug-likeness (QED) is 0.833. The van der Waals surface area contributed by atoms with Gasteiger partial charge in [0.2, 0.25) is 0 Å². The molecule has 0 saturated carbocycles. The zero-order chi connectivity index (χ0) is 18.7. The van der Waals surface area contributed by atoms with E-state index in [-0.39, 0.29) is 24.4 Å². The fourth-order valence-electron chi connectivity index (χ4n) is 2.58. The molecule has 26 heavy (non-hydrogen) atoms. The summed E-state index contributed by atoms with van der Waals surface area (Å²) in [5, 5.41) is 3.41. The molecule has 0 radical (unpaired) electrons. The van der Waals surface area contributed by atoms with Crippen LogP contribution in [-0.2, 0) is 11.4 Å². The summed E-state index contributed by atoms with van der Waals surface area (Å²) < 4.78 is 28.2. The van der Waals surface area contributed by atoms with Crippen molar-refractivity contribution in [2.24, 2.45) is 0 Å². The maximum atomic E-state index is 14.1. The molecule has 0 aromatic heterocycles. The molecule has 1 aliphatic heterocycles. The molecule has 1 fully saturated rings. The number of nitrogens with one attached hydrogen (secondary N) is 1. The molecule has 2 aromatic rings. The number of benzene rings is 2. The van der Waals surface area contributed by atoms with Crippen molar-refractivity contribution in [3.8, 4) is 0 Å². The molecular weight excluding hydrogens is 344 g/mol. The van der Waals surface area contributed by atoms with Gasteiger partial charge in [-0.25, -0.2) is 18.6 Å². The van der Waals surface area contributed by atoms with Gasteiger partial charge in [0.25, 0.3) is 5.91 Å². The smallest absolute Gasteiger partial charge is 0.322 e. The molecule has 1 N–H and O–H groups in total. The van der Waals surface area contributed by atoms with Gasteiger partial charge in [-0.2, -0.15) is 0 Å². The number of urea groups is 1. The number of rotatable bonds is 5. The number of halogens is 2. The number of amides is 3. The van der Waals surface area contributed by atoms with Crippen LogP contribution in [0.5, 0.6) is 0 Å². The Hall–Kier alpha value is -3.00. The first-order valence-corrected chi connectivity index (χ1v) is 7.96. The van der Waals surface area contributed by atoms with E-state index in [1.54, 1.807) is 0 Å². The zero-order valence-corrected chi connectivity index (χ0v) is 14.0. The van der Waals surface area contributed by atoms with E-state index in [4.69, 9.17) is 4.84 Å². The Bertz CT molecular complexity index is 830. The molecule has 1 heterocycles. The van der Waals surface area contributed by atoms with E-state index in [0.717, 1.165) is 21.6 Å². The summed E-state index contributed by atoms with van der Waals surface area (Å²) in [7, 11) is 1.34. The van der Waals surface area contributed by atoms with Crippen LogP contribution < -0.4 is 10.2 Å². The third-order valence-electron chi connectivity index (χ3n) is 3.97. The highest BCUT2D eigenvalue weighted by molar-refractivity contribution is 5.98. The van der Waals surface area contributed by atoms with Crippen molar-refractivity contribution in [3.63, 3.8) is 0 Å². The molecule has 1 aliphatic rings. The van der Waals surface area contributed by atoms with Crippen LogP contribution >= 0.6 is 0 Å². The minimum atomic E-state index is -1.02. The largest absolute Gasteiger partial charge is 0.336 e. The molecule has 8 heteroatoms. The van der Waals surface area contributed by atoms with E-state index in [2.05, 4.69) is 5.32 Å². The van der Waals surface area contributed by atoms with Crippen LogP contribution in [0.15, 0.2) is 42.5 Å². The minimum Gasteiger partial charge on any atom is -0.336 e. The highest BCUT2D eigenvalue weighted by Gasteiger charge is 2.27. The van der Waals surface area contributed by atoms with Gasteiger partial charge in [0.1, 0.15) is 18.2 Å². The fraction of sp³-hybridized carbons (Fsp3) is 0.222. The third-order valence-corrected chi connectivity index (χ3v) is 3.97. The lowest BCUT2D eigenvalue weighted by Crippen LogP contribution is -2.30. The summed E-state index contributed by atoms with van der Waals surface area (Å²) >= 11 is 0. The molecule has 1 saturated heterocycles. The summed E-state index contributed by atoms with van der Waals surface area (Å²) in [4.78, 5) is 30.7. The SMILES string of the molecule is CN(OCc1ccccc1)C(=O)c1cc(N2CCNC2=O)c(F)cc1F. The van der Waals surface area contributed by atoms with Crippen molar-refractivity contribution in [2.45, 2.75) is 6.61 Å². The number of nitrogens with zero attached hydrogens (tertiary/aromatic N) is 2. The lowest BCUT2D eigenvalue weighted by Gasteiger charge is -2.20. The van der Waals surface area contributed by atoms with Crippen molar-refractivity contribution < 1.29 is 23.2 Å².